The van der Waals surface area contributed by atoms with E-state index in [1.54, 1.807) is 19.2 Å². The number of nitrogens with zero attached hydrogens (tertiary/aromatic N) is 3. The first-order valence-electron chi connectivity index (χ1n) is 12.7. The molecule has 210 valence electrons. The lowest BCUT2D eigenvalue weighted by molar-refractivity contribution is 0.0357. The summed E-state index contributed by atoms with van der Waals surface area (Å²) in [4.78, 5) is 11.0. The van der Waals surface area contributed by atoms with Gasteiger partial charge in [0, 0.05) is 41.7 Å². The van der Waals surface area contributed by atoms with Gasteiger partial charge in [-0.05, 0) is 55.0 Å². The Hall–Kier alpha value is -3.51. The predicted molar refractivity (Wildman–Crippen MR) is 151 cm³/mol. The number of sulfonamides is 1. The number of hydrogen-bond donors (Lipinski definition) is 1. The van der Waals surface area contributed by atoms with Crippen LogP contribution in [0.25, 0.3) is 22.2 Å². The van der Waals surface area contributed by atoms with E-state index in [0.29, 0.717) is 39.7 Å². The van der Waals surface area contributed by atoms with Gasteiger partial charge < -0.3 is 14.2 Å². The lowest BCUT2D eigenvalue weighted by Crippen LogP contribution is -2.37. The lowest BCUT2D eigenvalue weighted by Gasteiger charge is -2.26. The van der Waals surface area contributed by atoms with Gasteiger partial charge >= 0.3 is 0 Å². The van der Waals surface area contributed by atoms with Gasteiger partial charge in [0.1, 0.15) is 12.1 Å². The topological polar surface area (TPSA) is 103 Å². The summed E-state index contributed by atoms with van der Waals surface area (Å²) in [6.07, 6.45) is 2.16. The van der Waals surface area contributed by atoms with Gasteiger partial charge in [-0.1, -0.05) is 11.6 Å². The highest BCUT2D eigenvalue weighted by molar-refractivity contribution is 7.92. The molecule has 5 rings (SSSR count). The molecule has 2 heterocycles. The van der Waals surface area contributed by atoms with Crippen molar-refractivity contribution < 1.29 is 27.0 Å². The molecule has 4 aromatic rings. The number of benzene rings is 3. The summed E-state index contributed by atoms with van der Waals surface area (Å²) in [7, 11) is -2.38. The first-order valence-corrected chi connectivity index (χ1v) is 14.5. The van der Waals surface area contributed by atoms with E-state index in [0.717, 1.165) is 45.3 Å². The van der Waals surface area contributed by atoms with Crippen LogP contribution in [-0.2, 0) is 14.8 Å². The number of halogens is 2. The Labute approximate surface area is 236 Å². The van der Waals surface area contributed by atoms with E-state index in [4.69, 9.17) is 25.8 Å². The Kier molecular flexibility index (Phi) is 8.65. The van der Waals surface area contributed by atoms with E-state index in [-0.39, 0.29) is 16.1 Å². The van der Waals surface area contributed by atoms with Gasteiger partial charge in [0.2, 0.25) is 0 Å². The molecule has 1 aromatic heterocycles. The molecular formula is C28H28ClFN4O5S. The van der Waals surface area contributed by atoms with Crippen LogP contribution in [-0.4, -0.2) is 69.9 Å². The zero-order valence-corrected chi connectivity index (χ0v) is 23.3. The van der Waals surface area contributed by atoms with Gasteiger partial charge in [-0.25, -0.2) is 22.8 Å². The third-order valence-electron chi connectivity index (χ3n) is 6.50. The van der Waals surface area contributed by atoms with Gasteiger partial charge in [-0.15, -0.1) is 0 Å². The number of aromatic nitrogens is 2. The molecule has 1 fully saturated rings. The minimum atomic E-state index is -3.93. The number of rotatable bonds is 10. The molecule has 1 aliphatic heterocycles. The van der Waals surface area contributed by atoms with Gasteiger partial charge in [-0.2, -0.15) is 0 Å². The van der Waals surface area contributed by atoms with Crippen molar-refractivity contribution in [1.82, 2.24) is 14.9 Å². The van der Waals surface area contributed by atoms with Gasteiger partial charge in [0.05, 0.1) is 48.7 Å². The van der Waals surface area contributed by atoms with Gasteiger partial charge in [0.25, 0.3) is 10.0 Å². The molecule has 0 atom stereocenters. The molecule has 0 aliphatic carbocycles. The predicted octanol–water partition coefficient (Wildman–Crippen LogP) is 5.00. The molecule has 0 saturated carbocycles. The van der Waals surface area contributed by atoms with Crippen molar-refractivity contribution in [3.8, 4) is 22.8 Å². The number of hydrogen-bond acceptors (Lipinski definition) is 8. The van der Waals surface area contributed by atoms with Gasteiger partial charge in [0.15, 0.2) is 11.5 Å². The number of anilines is 1. The molecule has 40 heavy (non-hydrogen) atoms. The zero-order chi connectivity index (χ0) is 28.1. The number of fused-ring (bicyclic) bond motifs is 1. The summed E-state index contributed by atoms with van der Waals surface area (Å²) in [6, 6.07) is 13.2. The van der Waals surface area contributed by atoms with Gasteiger partial charge in [-0.3, -0.25) is 9.62 Å². The fraction of sp³-hybridized carbons (Fsp3) is 0.286. The van der Waals surface area contributed by atoms with Crippen LogP contribution in [0.4, 0.5) is 10.1 Å². The van der Waals surface area contributed by atoms with E-state index in [1.807, 2.05) is 0 Å². The summed E-state index contributed by atoms with van der Waals surface area (Å²) < 4.78 is 60.2. The second kappa shape index (κ2) is 12.3. The van der Waals surface area contributed by atoms with Crippen LogP contribution in [0.1, 0.15) is 6.42 Å². The van der Waals surface area contributed by atoms with Crippen LogP contribution in [0.3, 0.4) is 0 Å². The van der Waals surface area contributed by atoms with Crippen LogP contribution >= 0.6 is 11.6 Å². The van der Waals surface area contributed by atoms with Crippen molar-refractivity contribution in [3.05, 3.63) is 71.8 Å². The third kappa shape index (κ3) is 6.44. The van der Waals surface area contributed by atoms with Crippen molar-refractivity contribution in [3.63, 3.8) is 0 Å². The molecule has 12 heteroatoms. The minimum Gasteiger partial charge on any atom is -0.493 e. The fourth-order valence-electron chi connectivity index (χ4n) is 4.44. The maximum atomic E-state index is 15.4. The summed E-state index contributed by atoms with van der Waals surface area (Å²) in [5, 5.41) is 0.977. The molecule has 3 aromatic carbocycles. The number of ether oxygens (including phenoxy) is 3. The monoisotopic (exact) mass is 586 g/mol. The molecular weight excluding hydrogens is 559 g/mol. The highest BCUT2D eigenvalue weighted by Gasteiger charge is 2.19. The van der Waals surface area contributed by atoms with Crippen molar-refractivity contribution >= 4 is 38.2 Å². The molecule has 0 bridgehead atoms. The number of methoxy groups -OCH3 is 1. The van der Waals surface area contributed by atoms with Crippen LogP contribution in [0.2, 0.25) is 5.02 Å². The third-order valence-corrected chi connectivity index (χ3v) is 8.15. The Morgan fingerprint density at radius 2 is 1.82 bits per heavy atom. The molecule has 0 spiro atoms. The fourth-order valence-corrected chi connectivity index (χ4v) is 5.62. The summed E-state index contributed by atoms with van der Waals surface area (Å²) in [5.74, 6) is 0.358. The minimum absolute atomic E-state index is 0.00889. The Bertz CT molecular complexity index is 1600. The van der Waals surface area contributed by atoms with E-state index < -0.39 is 15.8 Å². The SMILES string of the molecule is COc1cc2ncnc(-c3ccc(NS(=O)(=O)c4ccc(Cl)cc4)cc3F)c2cc1OCCCN1CCOCC1. The standard InChI is InChI=1S/C28H28ClFN4O5S/c1-37-26-17-25-23(16-27(26)39-12-2-9-34-10-13-38-14-11-34)28(32-18-31-25)22-8-5-20(15-24(22)30)33-40(35,36)21-6-3-19(29)4-7-21/h3-8,15-18,33H,2,9-14H2,1H3. The zero-order valence-electron chi connectivity index (χ0n) is 21.8. The van der Waals surface area contributed by atoms with Crippen LogP contribution in [0, 0.1) is 5.82 Å². The molecule has 0 amide bonds. The van der Waals surface area contributed by atoms with Crippen molar-refractivity contribution in [2.75, 3.05) is 51.3 Å². The Balaban J connectivity index is 1.37. The first-order chi connectivity index (χ1) is 19.3. The van der Waals surface area contributed by atoms with Crippen LogP contribution in [0.5, 0.6) is 11.5 Å². The highest BCUT2D eigenvalue weighted by Crippen LogP contribution is 2.36. The molecule has 1 saturated heterocycles. The van der Waals surface area contributed by atoms with Crippen molar-refractivity contribution in [2.45, 2.75) is 11.3 Å². The molecule has 0 radical (unpaired) electrons. The van der Waals surface area contributed by atoms with Crippen LogP contribution < -0.4 is 14.2 Å². The summed E-state index contributed by atoms with van der Waals surface area (Å²) in [6.45, 7) is 4.67. The first kappa shape index (κ1) is 28.0. The lowest BCUT2D eigenvalue weighted by atomic mass is 10.0. The summed E-state index contributed by atoms with van der Waals surface area (Å²) in [5.41, 5.74) is 1.15. The summed E-state index contributed by atoms with van der Waals surface area (Å²) >= 11 is 5.85. The van der Waals surface area contributed by atoms with Crippen LogP contribution in [0.15, 0.2) is 65.8 Å². The average Bonchev–Trinajstić information content (AvgIpc) is 2.95. The largest absolute Gasteiger partial charge is 0.493 e. The molecule has 1 aliphatic rings. The van der Waals surface area contributed by atoms with E-state index in [9.17, 15) is 8.42 Å². The number of morpholine rings is 1. The molecule has 9 nitrogen and oxygen atoms in total. The normalized spacial score (nSPS) is 14.3. The van der Waals surface area contributed by atoms with E-state index >= 15 is 4.39 Å². The molecule has 1 N–H and O–H groups in total. The quantitative estimate of drug-likeness (QED) is 0.259. The Morgan fingerprint density at radius 1 is 1.05 bits per heavy atom. The highest BCUT2D eigenvalue weighted by atomic mass is 35.5. The maximum absolute atomic E-state index is 15.4. The smallest absolute Gasteiger partial charge is 0.261 e. The maximum Gasteiger partial charge on any atom is 0.261 e. The van der Waals surface area contributed by atoms with E-state index in [1.165, 1.54) is 42.7 Å². The Morgan fingerprint density at radius 3 is 2.55 bits per heavy atom. The van der Waals surface area contributed by atoms with Crippen molar-refractivity contribution in [1.29, 1.82) is 0 Å². The number of nitrogens with one attached hydrogen (secondary N) is 1. The molecule has 0 unspecified atom stereocenters. The average molecular weight is 587 g/mol. The van der Waals surface area contributed by atoms with Crippen molar-refractivity contribution in [2.24, 2.45) is 0 Å². The van der Waals surface area contributed by atoms with E-state index in [2.05, 4.69) is 19.6 Å². The second-order valence-electron chi connectivity index (χ2n) is 9.15. The second-order valence-corrected chi connectivity index (χ2v) is 11.3.